The highest BCUT2D eigenvalue weighted by molar-refractivity contribution is 5.82. The van der Waals surface area contributed by atoms with Gasteiger partial charge in [-0.15, -0.1) is 0 Å². The van der Waals surface area contributed by atoms with Crippen LogP contribution in [0, 0.1) is 17.3 Å². The Morgan fingerprint density at radius 2 is 1.75 bits per heavy atom. The van der Waals surface area contributed by atoms with Crippen LogP contribution in [-0.4, -0.2) is 30.3 Å². The molecule has 0 aromatic carbocycles. The van der Waals surface area contributed by atoms with Gasteiger partial charge in [0.05, 0.1) is 0 Å². The summed E-state index contributed by atoms with van der Waals surface area (Å²) in [4.78, 5) is 14.8. The Morgan fingerprint density at radius 1 is 1.10 bits per heavy atom. The van der Waals surface area contributed by atoms with Gasteiger partial charge in [0.15, 0.2) is 0 Å². The summed E-state index contributed by atoms with van der Waals surface area (Å²) < 4.78 is 0. The molecule has 0 radical (unpaired) electrons. The summed E-state index contributed by atoms with van der Waals surface area (Å²) in [5.74, 6) is 1.53. The molecule has 2 saturated carbocycles. The lowest BCUT2D eigenvalue weighted by molar-refractivity contribution is -0.127. The van der Waals surface area contributed by atoms with Crippen molar-refractivity contribution in [1.82, 2.24) is 4.90 Å². The molecule has 0 heterocycles. The van der Waals surface area contributed by atoms with Crippen molar-refractivity contribution in [2.75, 3.05) is 13.6 Å². The normalized spacial score (nSPS) is 29.9. The van der Waals surface area contributed by atoms with Crippen LogP contribution in [-0.2, 0) is 4.79 Å². The van der Waals surface area contributed by atoms with Gasteiger partial charge in [-0.25, -0.2) is 0 Å². The van der Waals surface area contributed by atoms with Crippen LogP contribution in [0.4, 0.5) is 0 Å². The average Bonchev–Trinajstić information content (AvgIpc) is 2.41. The second-order valence-corrected chi connectivity index (χ2v) is 8.23. The van der Waals surface area contributed by atoms with Crippen LogP contribution in [0.1, 0.15) is 72.1 Å². The second kappa shape index (κ2) is 6.60. The molecule has 0 aliphatic heterocycles. The molecule has 2 rings (SSSR count). The minimum atomic E-state index is 0.292. The van der Waals surface area contributed by atoms with E-state index in [1.165, 1.54) is 32.1 Å². The Bertz CT molecular complexity index is 325. The molecule has 0 aromatic rings. The third-order valence-corrected chi connectivity index (χ3v) is 5.69. The summed E-state index contributed by atoms with van der Waals surface area (Å²) in [6.07, 6.45) is 9.84. The summed E-state index contributed by atoms with van der Waals surface area (Å²) >= 11 is 0. The lowest BCUT2D eigenvalue weighted by Crippen LogP contribution is -2.42. The average molecular weight is 279 g/mol. The smallest absolute Gasteiger partial charge is 0.137 e. The number of rotatable bonds is 3. The fourth-order valence-corrected chi connectivity index (χ4v) is 4.09. The summed E-state index contributed by atoms with van der Waals surface area (Å²) in [6.45, 7) is 7.98. The maximum atomic E-state index is 12.3. The lowest BCUT2D eigenvalue weighted by Gasteiger charge is -2.40. The van der Waals surface area contributed by atoms with Gasteiger partial charge in [0.25, 0.3) is 0 Å². The molecule has 0 bridgehead atoms. The molecule has 2 atom stereocenters. The fraction of sp³-hybridized carbons (Fsp3) is 0.944. The van der Waals surface area contributed by atoms with Crippen molar-refractivity contribution < 1.29 is 4.79 Å². The highest BCUT2D eigenvalue weighted by Crippen LogP contribution is 2.39. The van der Waals surface area contributed by atoms with Crippen molar-refractivity contribution in [2.45, 2.75) is 78.2 Å². The van der Waals surface area contributed by atoms with Gasteiger partial charge in [0.1, 0.15) is 5.78 Å². The van der Waals surface area contributed by atoms with E-state index in [4.69, 9.17) is 0 Å². The van der Waals surface area contributed by atoms with Gasteiger partial charge in [0.2, 0.25) is 0 Å². The molecule has 2 nitrogen and oxygen atoms in total. The first-order chi connectivity index (χ1) is 9.38. The summed E-state index contributed by atoms with van der Waals surface area (Å²) in [6, 6.07) is 0.728. The highest BCUT2D eigenvalue weighted by atomic mass is 16.1. The Morgan fingerprint density at radius 3 is 2.35 bits per heavy atom. The minimum Gasteiger partial charge on any atom is -0.303 e. The molecular formula is C18H33NO. The Hall–Kier alpha value is -0.370. The maximum absolute atomic E-state index is 12.3. The van der Waals surface area contributed by atoms with Gasteiger partial charge in [-0.1, -0.05) is 40.0 Å². The van der Waals surface area contributed by atoms with Gasteiger partial charge in [-0.2, -0.15) is 0 Å². The molecule has 2 fully saturated rings. The topological polar surface area (TPSA) is 20.3 Å². The van der Waals surface area contributed by atoms with E-state index in [2.05, 4.69) is 32.7 Å². The van der Waals surface area contributed by atoms with Crippen molar-refractivity contribution in [2.24, 2.45) is 17.3 Å². The van der Waals surface area contributed by atoms with Gasteiger partial charge >= 0.3 is 0 Å². The van der Waals surface area contributed by atoms with Gasteiger partial charge in [-0.05, 0) is 44.1 Å². The molecule has 116 valence electrons. The molecule has 0 saturated heterocycles. The van der Waals surface area contributed by atoms with Crippen molar-refractivity contribution in [1.29, 1.82) is 0 Å². The first-order valence-corrected chi connectivity index (χ1v) is 8.61. The number of ketones is 1. The summed E-state index contributed by atoms with van der Waals surface area (Å²) in [7, 11) is 2.24. The Labute approximate surface area is 125 Å². The molecule has 0 aromatic heterocycles. The van der Waals surface area contributed by atoms with E-state index in [1.807, 2.05) is 0 Å². The largest absolute Gasteiger partial charge is 0.303 e. The highest BCUT2D eigenvalue weighted by Gasteiger charge is 2.35. The Kier molecular flexibility index (Phi) is 5.28. The molecule has 20 heavy (non-hydrogen) atoms. The first kappa shape index (κ1) is 16.0. The monoisotopic (exact) mass is 279 g/mol. The van der Waals surface area contributed by atoms with Crippen LogP contribution in [0.3, 0.4) is 0 Å². The fourth-order valence-electron chi connectivity index (χ4n) is 4.09. The zero-order valence-corrected chi connectivity index (χ0v) is 14.0. The molecule has 0 spiro atoms. The van der Waals surface area contributed by atoms with E-state index >= 15 is 0 Å². The van der Waals surface area contributed by atoms with Gasteiger partial charge in [0, 0.05) is 24.9 Å². The van der Waals surface area contributed by atoms with Gasteiger partial charge in [-0.3, -0.25) is 4.79 Å². The van der Waals surface area contributed by atoms with E-state index < -0.39 is 0 Å². The van der Waals surface area contributed by atoms with Crippen LogP contribution in [0.15, 0.2) is 0 Å². The van der Waals surface area contributed by atoms with Crippen molar-refractivity contribution in [3.05, 3.63) is 0 Å². The van der Waals surface area contributed by atoms with Crippen LogP contribution in [0.5, 0.6) is 0 Å². The third kappa shape index (κ3) is 4.07. The van der Waals surface area contributed by atoms with Crippen LogP contribution in [0.25, 0.3) is 0 Å². The van der Waals surface area contributed by atoms with Crippen LogP contribution < -0.4 is 0 Å². The molecule has 2 unspecified atom stereocenters. The predicted octanol–water partition coefficient (Wildman–Crippen LogP) is 4.28. The first-order valence-electron chi connectivity index (χ1n) is 8.61. The molecule has 0 amide bonds. The lowest BCUT2D eigenvalue weighted by atomic mass is 9.68. The van der Waals surface area contributed by atoms with Crippen molar-refractivity contribution in [3.8, 4) is 0 Å². The quantitative estimate of drug-likeness (QED) is 0.768. The number of hydrogen-bond acceptors (Lipinski definition) is 2. The molecule has 2 heteroatoms. The summed E-state index contributed by atoms with van der Waals surface area (Å²) in [5, 5.41) is 0. The van der Waals surface area contributed by atoms with E-state index in [9.17, 15) is 4.79 Å². The molecular weight excluding hydrogens is 246 g/mol. The Balaban J connectivity index is 1.90. The van der Waals surface area contributed by atoms with Gasteiger partial charge < -0.3 is 4.90 Å². The van der Waals surface area contributed by atoms with Crippen LogP contribution in [0.2, 0.25) is 0 Å². The predicted molar refractivity (Wildman–Crippen MR) is 84.8 cm³/mol. The standard InChI is InChI=1S/C18H33NO/c1-18(2,3)15-10-11-17(20)14(12-15)13-19(4)16-8-6-5-7-9-16/h14-16H,5-13H2,1-4H3. The van der Waals surface area contributed by atoms with Crippen molar-refractivity contribution in [3.63, 3.8) is 0 Å². The number of carbonyl (C=O) groups is 1. The second-order valence-electron chi connectivity index (χ2n) is 8.23. The molecule has 0 N–H and O–H groups in total. The molecule has 2 aliphatic rings. The summed E-state index contributed by atoms with van der Waals surface area (Å²) in [5.41, 5.74) is 0.350. The van der Waals surface area contributed by atoms with Crippen molar-refractivity contribution >= 4 is 5.78 Å². The minimum absolute atomic E-state index is 0.292. The zero-order chi connectivity index (χ0) is 14.8. The van der Waals surface area contributed by atoms with E-state index in [1.54, 1.807) is 0 Å². The van der Waals surface area contributed by atoms with E-state index in [0.717, 1.165) is 31.8 Å². The number of nitrogens with zero attached hydrogens (tertiary/aromatic N) is 1. The number of carbonyl (C=O) groups excluding carboxylic acids is 1. The third-order valence-electron chi connectivity index (χ3n) is 5.69. The number of hydrogen-bond donors (Lipinski definition) is 0. The van der Waals surface area contributed by atoms with Crippen LogP contribution >= 0.6 is 0 Å². The SMILES string of the molecule is CN(CC1CC(C(C)(C)C)CCC1=O)C1CCCCC1. The number of Topliss-reactive ketones (excluding diaryl/α,β-unsaturated/α-hetero) is 1. The maximum Gasteiger partial charge on any atom is 0.137 e. The van der Waals surface area contributed by atoms with E-state index in [-0.39, 0.29) is 0 Å². The zero-order valence-electron chi connectivity index (χ0n) is 14.0. The molecule has 2 aliphatic carbocycles. The van der Waals surface area contributed by atoms with E-state index in [0.29, 0.717) is 23.0 Å².